The van der Waals surface area contributed by atoms with Crippen molar-refractivity contribution in [2.45, 2.75) is 190 Å². The number of hydrogen-bond acceptors (Lipinski definition) is 0. The minimum absolute atomic E-state index is 0.363. The van der Waals surface area contributed by atoms with Crippen molar-refractivity contribution < 1.29 is 0 Å². The van der Waals surface area contributed by atoms with Gasteiger partial charge in [0.05, 0.1) is 0 Å². The number of benzene rings is 3. The van der Waals surface area contributed by atoms with E-state index in [2.05, 4.69) is 152 Å². The molecule has 0 nitrogen and oxygen atoms in total. The third-order valence-corrected chi connectivity index (χ3v) is 13.7. The van der Waals surface area contributed by atoms with E-state index in [1.807, 2.05) is 0 Å². The normalized spacial score (nSPS) is 15.8. The molecule has 0 aliphatic carbocycles. The maximum absolute atomic E-state index is 2.60. The van der Waals surface area contributed by atoms with Crippen LogP contribution in [-0.4, -0.2) is 17.7 Å². The first kappa shape index (κ1) is 47.6. The molecule has 0 fully saturated rings. The van der Waals surface area contributed by atoms with E-state index in [9.17, 15) is 0 Å². The third kappa shape index (κ3) is 14.9. The molecule has 0 saturated carbocycles. The Balaban J connectivity index is 2.29. The maximum atomic E-state index is 2.60. The molecule has 1 radical (unpaired) electrons. The molecular formula is C54H84Li. The molecule has 55 heavy (non-hydrogen) atoms. The Kier molecular flexibility index (Phi) is 24.1. The van der Waals surface area contributed by atoms with E-state index in [-0.39, 0.29) is 0 Å². The molecule has 0 N–H and O–H groups in total. The first-order valence-corrected chi connectivity index (χ1v) is 23.9. The zero-order valence-corrected chi connectivity index (χ0v) is 37.7. The first-order valence-electron chi connectivity index (χ1n) is 23.9. The monoisotopic (exact) mass is 740 g/mol. The summed E-state index contributed by atoms with van der Waals surface area (Å²) in [6, 6.07) is 31.0. The van der Waals surface area contributed by atoms with E-state index in [0.29, 0.717) is 35.5 Å². The summed E-state index contributed by atoms with van der Waals surface area (Å²) in [5.74, 6) is 5.79. The molecule has 0 aliphatic rings. The van der Waals surface area contributed by atoms with Crippen molar-refractivity contribution in [1.29, 1.82) is 0 Å². The molecule has 301 valence electrons. The molecule has 3 aromatic carbocycles. The molecule has 0 heterocycles. The average molecular weight is 740 g/mol. The standard InChI is InChI=1S/C54H84.Li/c1-9-15-17-19-21-25-35-45(33-11-3)51(43(7)13-5)53(47-37-27-23-28-38-47)49-41-31-32-42-50(49)54(48-39-29-24-30-40-48)52(44(8)14-6)46(34-12-4)36-26-22-20-18-16-10-2;/h23-24,27-32,37-41,43-46,51-53H,9-22,25-26,33-36H2,1-8H3;. The molecule has 7 unspecified atom stereocenters. The molecule has 0 aromatic heterocycles. The van der Waals surface area contributed by atoms with Crippen molar-refractivity contribution >= 4 is 22.0 Å². The van der Waals surface area contributed by atoms with Gasteiger partial charge < -0.3 is 0 Å². The van der Waals surface area contributed by atoms with E-state index < -0.39 is 0 Å². The Hall–Kier alpha value is -1.74. The van der Waals surface area contributed by atoms with Crippen LogP contribution in [0, 0.1) is 41.4 Å². The first-order chi connectivity index (χ1) is 26.9. The van der Waals surface area contributed by atoms with E-state index >= 15 is 0 Å². The summed E-state index contributed by atoms with van der Waals surface area (Å²) in [4.78, 5) is 0. The summed E-state index contributed by atoms with van der Waals surface area (Å²) in [5, 5.41) is 0. The smallest absolute Gasteiger partial charge is 0.0654 e. The predicted molar refractivity (Wildman–Crippen MR) is 247 cm³/mol. The molecular weight excluding hydrogens is 656 g/mol. The minimum Gasteiger partial charge on any atom is -0.0654 e. The van der Waals surface area contributed by atoms with E-state index in [1.165, 1.54) is 144 Å². The molecule has 0 amide bonds. The summed E-state index contributed by atoms with van der Waals surface area (Å²) in [6.45, 7) is 19.6. The van der Waals surface area contributed by atoms with Gasteiger partial charge in [-0.1, -0.05) is 20.3 Å². The van der Waals surface area contributed by atoms with Gasteiger partial charge in [-0.2, -0.15) is 0 Å². The van der Waals surface area contributed by atoms with Gasteiger partial charge in [-0.3, -0.25) is 0 Å². The summed E-state index contributed by atoms with van der Waals surface area (Å²) in [7, 11) is 0. The Labute approximate surface area is 352 Å². The molecule has 3 rings (SSSR count). The SMILES string of the molecule is [Li][c]1cccc(C(c2ccccc2)C(C(C)CC)C(CCC)CCCCCCCC)c1[C](c1ccccc1)C(C(C)CC)C(CCC)CCCCCCCC. The van der Waals surface area contributed by atoms with Crippen LogP contribution in [-0.2, 0) is 0 Å². The number of unbranched alkanes of at least 4 members (excludes halogenated alkanes) is 10. The molecule has 3 aromatic rings. The topological polar surface area (TPSA) is 0 Å². The summed E-state index contributed by atoms with van der Waals surface area (Å²) >= 11 is 2.44. The molecule has 1 heteroatoms. The second kappa shape index (κ2) is 27.8. The van der Waals surface area contributed by atoms with E-state index in [0.717, 1.165) is 5.92 Å². The molecule has 0 aliphatic heterocycles. The summed E-state index contributed by atoms with van der Waals surface area (Å²) < 4.78 is 1.46. The number of rotatable bonds is 30. The Morgan fingerprint density at radius 3 is 1.55 bits per heavy atom. The summed E-state index contributed by atoms with van der Waals surface area (Å²) in [6.07, 6.45) is 26.8. The predicted octanol–water partition coefficient (Wildman–Crippen LogP) is 16.2. The zero-order chi connectivity index (χ0) is 39.8. The molecule has 0 spiro atoms. The Morgan fingerprint density at radius 1 is 0.491 bits per heavy atom. The van der Waals surface area contributed by atoms with Crippen molar-refractivity contribution in [3.8, 4) is 0 Å². The van der Waals surface area contributed by atoms with E-state index in [1.54, 1.807) is 17.0 Å². The van der Waals surface area contributed by atoms with Crippen LogP contribution in [0.15, 0.2) is 78.9 Å². The Bertz CT molecular complexity index is 1360. The van der Waals surface area contributed by atoms with Gasteiger partial charge in [-0.05, 0) is 0 Å². The quantitative estimate of drug-likeness (QED) is 0.0472. The van der Waals surface area contributed by atoms with Crippen LogP contribution >= 0.6 is 0 Å². The van der Waals surface area contributed by atoms with Crippen molar-refractivity contribution in [2.75, 3.05) is 0 Å². The molecule has 7 atom stereocenters. The van der Waals surface area contributed by atoms with Gasteiger partial charge in [0.1, 0.15) is 0 Å². The van der Waals surface area contributed by atoms with Crippen molar-refractivity contribution in [1.82, 2.24) is 0 Å². The van der Waals surface area contributed by atoms with Crippen LogP contribution in [0.1, 0.15) is 212 Å². The minimum atomic E-state index is 0.363. The second-order valence-corrected chi connectivity index (χ2v) is 17.8. The summed E-state index contributed by atoms with van der Waals surface area (Å²) in [5.41, 5.74) is 6.16. The van der Waals surface area contributed by atoms with Gasteiger partial charge in [-0.15, -0.1) is 0 Å². The fourth-order valence-electron chi connectivity index (χ4n) is 10.4. The van der Waals surface area contributed by atoms with Crippen molar-refractivity contribution in [3.05, 3.63) is 107 Å². The zero-order valence-electron chi connectivity index (χ0n) is 37.7. The Morgan fingerprint density at radius 2 is 1.00 bits per heavy atom. The second-order valence-electron chi connectivity index (χ2n) is 17.8. The van der Waals surface area contributed by atoms with Crippen LogP contribution in [0.2, 0.25) is 0 Å². The van der Waals surface area contributed by atoms with Crippen LogP contribution in [0.3, 0.4) is 0 Å². The molecule has 0 bridgehead atoms. The van der Waals surface area contributed by atoms with Gasteiger partial charge in [-0.25, -0.2) is 0 Å². The van der Waals surface area contributed by atoms with Crippen molar-refractivity contribution in [3.63, 3.8) is 0 Å². The van der Waals surface area contributed by atoms with Gasteiger partial charge in [0.15, 0.2) is 0 Å². The van der Waals surface area contributed by atoms with Crippen LogP contribution in [0.25, 0.3) is 0 Å². The third-order valence-electron chi connectivity index (χ3n) is 13.7. The fraction of sp³-hybridized carbons (Fsp3) is 0.648. The number of hydrogen-bond donors (Lipinski definition) is 0. The van der Waals surface area contributed by atoms with E-state index in [4.69, 9.17) is 0 Å². The molecule has 0 saturated heterocycles. The van der Waals surface area contributed by atoms with Gasteiger partial charge in [0.2, 0.25) is 0 Å². The van der Waals surface area contributed by atoms with Gasteiger partial charge in [0, 0.05) is 0 Å². The van der Waals surface area contributed by atoms with Gasteiger partial charge in [0.25, 0.3) is 0 Å². The van der Waals surface area contributed by atoms with Gasteiger partial charge >= 0.3 is 334 Å². The van der Waals surface area contributed by atoms with Crippen LogP contribution < -0.4 is 4.24 Å². The fourth-order valence-corrected chi connectivity index (χ4v) is 10.4. The van der Waals surface area contributed by atoms with Crippen molar-refractivity contribution in [2.24, 2.45) is 35.5 Å². The van der Waals surface area contributed by atoms with Crippen LogP contribution in [0.5, 0.6) is 0 Å². The van der Waals surface area contributed by atoms with Crippen LogP contribution in [0.4, 0.5) is 0 Å². The average Bonchev–Trinajstić information content (AvgIpc) is 3.21.